The number of aromatic nitrogens is 1. The van der Waals surface area contributed by atoms with Crippen LogP contribution in [0, 0.1) is 0 Å². The number of ether oxygens (including phenoxy) is 1. The third-order valence-electron chi connectivity index (χ3n) is 3.13. The van der Waals surface area contributed by atoms with E-state index in [1.54, 1.807) is 43.6 Å². The molecule has 0 spiro atoms. The standard InChI is InChI=1S/C18H15N3O3S/c1-23-14-6-4-5-13(11-14)18(22)21-20-12-15-8-9-17(24-15)25-16-7-2-3-10-19-16/h2-12H,1H3,(H,21,22). The number of carbonyl (C=O) groups excluding carboxylic acids is 1. The predicted molar refractivity (Wildman–Crippen MR) is 95.1 cm³/mol. The van der Waals surface area contributed by atoms with E-state index >= 15 is 0 Å². The highest BCUT2D eigenvalue weighted by molar-refractivity contribution is 7.99. The van der Waals surface area contributed by atoms with Crippen LogP contribution >= 0.6 is 11.8 Å². The van der Waals surface area contributed by atoms with Gasteiger partial charge in [0.05, 0.1) is 13.3 Å². The molecule has 0 unspecified atom stereocenters. The van der Waals surface area contributed by atoms with Gasteiger partial charge in [-0.25, -0.2) is 10.4 Å². The van der Waals surface area contributed by atoms with Gasteiger partial charge in [0.1, 0.15) is 16.5 Å². The lowest BCUT2D eigenvalue weighted by Crippen LogP contribution is -2.17. The molecule has 1 amide bonds. The molecule has 0 radical (unpaired) electrons. The molecule has 0 aliphatic heterocycles. The van der Waals surface area contributed by atoms with Crippen LogP contribution in [0.4, 0.5) is 0 Å². The molecule has 126 valence electrons. The number of hydrogen-bond acceptors (Lipinski definition) is 6. The summed E-state index contributed by atoms with van der Waals surface area (Å²) < 4.78 is 10.7. The van der Waals surface area contributed by atoms with Crippen molar-refractivity contribution in [3.8, 4) is 5.75 Å². The largest absolute Gasteiger partial charge is 0.497 e. The van der Waals surface area contributed by atoms with Gasteiger partial charge >= 0.3 is 0 Å². The average molecular weight is 353 g/mol. The van der Waals surface area contributed by atoms with Gasteiger partial charge in [-0.1, -0.05) is 12.1 Å². The zero-order chi connectivity index (χ0) is 17.5. The van der Waals surface area contributed by atoms with Gasteiger partial charge in [-0.2, -0.15) is 5.10 Å². The van der Waals surface area contributed by atoms with Crippen molar-refractivity contribution in [3.63, 3.8) is 0 Å². The van der Waals surface area contributed by atoms with E-state index in [0.29, 0.717) is 22.2 Å². The van der Waals surface area contributed by atoms with Crippen LogP contribution in [0.15, 0.2) is 80.4 Å². The van der Waals surface area contributed by atoms with Gasteiger partial charge in [-0.15, -0.1) is 0 Å². The smallest absolute Gasteiger partial charge is 0.271 e. The van der Waals surface area contributed by atoms with Crippen molar-refractivity contribution in [3.05, 3.63) is 72.1 Å². The Morgan fingerprint density at radius 2 is 2.16 bits per heavy atom. The maximum atomic E-state index is 12.0. The Bertz CT molecular complexity index is 878. The second-order valence-electron chi connectivity index (χ2n) is 4.86. The fraction of sp³-hybridized carbons (Fsp3) is 0.0556. The zero-order valence-electron chi connectivity index (χ0n) is 13.4. The quantitative estimate of drug-likeness (QED) is 0.541. The lowest BCUT2D eigenvalue weighted by Gasteiger charge is -2.02. The Hall–Kier alpha value is -3.06. The number of nitrogens with one attached hydrogen (secondary N) is 1. The van der Waals surface area contributed by atoms with Crippen LogP contribution in [0.5, 0.6) is 5.75 Å². The molecule has 0 saturated carbocycles. The maximum absolute atomic E-state index is 12.0. The molecule has 6 nitrogen and oxygen atoms in total. The van der Waals surface area contributed by atoms with Crippen LogP contribution in [-0.2, 0) is 0 Å². The number of methoxy groups -OCH3 is 1. The molecule has 7 heteroatoms. The Morgan fingerprint density at radius 1 is 1.24 bits per heavy atom. The van der Waals surface area contributed by atoms with E-state index in [2.05, 4.69) is 15.5 Å². The third-order valence-corrected chi connectivity index (χ3v) is 4.01. The van der Waals surface area contributed by atoms with E-state index in [0.717, 1.165) is 5.03 Å². The summed E-state index contributed by atoms with van der Waals surface area (Å²) in [7, 11) is 1.55. The first-order valence-electron chi connectivity index (χ1n) is 7.41. The van der Waals surface area contributed by atoms with Crippen molar-refractivity contribution < 1.29 is 13.9 Å². The minimum Gasteiger partial charge on any atom is -0.497 e. The van der Waals surface area contributed by atoms with Crippen molar-refractivity contribution >= 4 is 23.9 Å². The van der Waals surface area contributed by atoms with Gasteiger partial charge in [0.25, 0.3) is 5.91 Å². The first-order valence-corrected chi connectivity index (χ1v) is 8.22. The van der Waals surface area contributed by atoms with E-state index in [1.807, 2.05) is 24.3 Å². The topological polar surface area (TPSA) is 76.7 Å². The molecule has 1 aromatic carbocycles. The van der Waals surface area contributed by atoms with Crippen molar-refractivity contribution in [2.75, 3.05) is 7.11 Å². The SMILES string of the molecule is COc1cccc(C(=O)NN=Cc2ccc(Sc3ccccn3)o2)c1. The van der Waals surface area contributed by atoms with Crippen LogP contribution in [0.2, 0.25) is 0 Å². The number of hydrazone groups is 1. The molecule has 0 atom stereocenters. The van der Waals surface area contributed by atoms with Crippen LogP contribution in [-0.4, -0.2) is 24.2 Å². The number of nitrogens with zero attached hydrogens (tertiary/aromatic N) is 2. The highest BCUT2D eigenvalue weighted by atomic mass is 32.2. The molecule has 0 aliphatic carbocycles. The number of hydrogen-bond donors (Lipinski definition) is 1. The highest BCUT2D eigenvalue weighted by Crippen LogP contribution is 2.26. The molecular weight excluding hydrogens is 338 g/mol. The molecular formula is C18H15N3O3S. The van der Waals surface area contributed by atoms with Gasteiger partial charge in [-0.05, 0) is 54.2 Å². The number of benzene rings is 1. The van der Waals surface area contributed by atoms with Crippen LogP contribution < -0.4 is 10.2 Å². The first-order chi connectivity index (χ1) is 12.2. The average Bonchev–Trinajstić information content (AvgIpc) is 3.09. The Balaban J connectivity index is 1.58. The highest BCUT2D eigenvalue weighted by Gasteiger charge is 2.06. The van der Waals surface area contributed by atoms with Gasteiger partial charge in [0.2, 0.25) is 0 Å². The molecule has 3 aromatic rings. The molecule has 3 rings (SSSR count). The van der Waals surface area contributed by atoms with E-state index < -0.39 is 0 Å². The summed E-state index contributed by atoms with van der Waals surface area (Å²) in [6.45, 7) is 0. The number of rotatable bonds is 6. The second-order valence-corrected chi connectivity index (χ2v) is 5.88. The molecule has 1 N–H and O–H groups in total. The normalized spacial score (nSPS) is 10.8. The summed E-state index contributed by atoms with van der Waals surface area (Å²) in [5.41, 5.74) is 2.91. The minimum atomic E-state index is -0.329. The Kier molecular flexibility index (Phi) is 5.48. The lowest BCUT2D eigenvalue weighted by molar-refractivity contribution is 0.0954. The van der Waals surface area contributed by atoms with Crippen molar-refractivity contribution in [2.45, 2.75) is 10.1 Å². The fourth-order valence-corrected chi connectivity index (χ4v) is 2.69. The van der Waals surface area contributed by atoms with E-state index in [1.165, 1.54) is 18.0 Å². The predicted octanol–water partition coefficient (Wildman–Crippen LogP) is 3.60. The monoisotopic (exact) mass is 353 g/mol. The maximum Gasteiger partial charge on any atom is 0.271 e. The molecule has 0 fully saturated rings. The van der Waals surface area contributed by atoms with Crippen LogP contribution in [0.1, 0.15) is 16.1 Å². The zero-order valence-corrected chi connectivity index (χ0v) is 14.2. The van der Waals surface area contributed by atoms with Crippen molar-refractivity contribution in [2.24, 2.45) is 5.10 Å². The number of pyridine rings is 1. The molecule has 0 aliphatic rings. The number of carbonyl (C=O) groups is 1. The van der Waals surface area contributed by atoms with Crippen LogP contribution in [0.25, 0.3) is 0 Å². The molecule has 2 aromatic heterocycles. The summed E-state index contributed by atoms with van der Waals surface area (Å²) in [6.07, 6.45) is 3.17. The van der Waals surface area contributed by atoms with Gasteiger partial charge in [-0.3, -0.25) is 4.79 Å². The second kappa shape index (κ2) is 8.16. The summed E-state index contributed by atoms with van der Waals surface area (Å²) in [4.78, 5) is 16.2. The van der Waals surface area contributed by atoms with Gasteiger partial charge in [0, 0.05) is 11.8 Å². The third kappa shape index (κ3) is 4.71. The lowest BCUT2D eigenvalue weighted by atomic mass is 10.2. The molecule has 2 heterocycles. The van der Waals surface area contributed by atoms with E-state index in [-0.39, 0.29) is 5.91 Å². The van der Waals surface area contributed by atoms with Crippen molar-refractivity contribution in [1.82, 2.24) is 10.4 Å². The molecule has 25 heavy (non-hydrogen) atoms. The Morgan fingerprint density at radius 3 is 2.96 bits per heavy atom. The summed E-state index contributed by atoms with van der Waals surface area (Å²) >= 11 is 1.41. The van der Waals surface area contributed by atoms with Crippen LogP contribution in [0.3, 0.4) is 0 Å². The number of furan rings is 1. The fourth-order valence-electron chi connectivity index (χ4n) is 1.95. The molecule has 0 bridgehead atoms. The first kappa shape index (κ1) is 16.8. The summed E-state index contributed by atoms with van der Waals surface area (Å²) in [5, 5.41) is 5.44. The van der Waals surface area contributed by atoms with Gasteiger partial charge < -0.3 is 9.15 Å². The summed E-state index contributed by atoms with van der Waals surface area (Å²) in [5.74, 6) is 0.813. The van der Waals surface area contributed by atoms with Gasteiger partial charge in [0.15, 0.2) is 5.09 Å². The molecule has 0 saturated heterocycles. The Labute approximate surface area is 148 Å². The summed E-state index contributed by atoms with van der Waals surface area (Å²) in [6, 6.07) is 16.1. The van der Waals surface area contributed by atoms with E-state index in [9.17, 15) is 4.79 Å². The minimum absolute atomic E-state index is 0.329. The van der Waals surface area contributed by atoms with Crippen molar-refractivity contribution in [1.29, 1.82) is 0 Å². The van der Waals surface area contributed by atoms with E-state index in [4.69, 9.17) is 9.15 Å². The number of amides is 1.